The van der Waals surface area contributed by atoms with E-state index in [4.69, 9.17) is 31.9 Å². The first-order valence-electron chi connectivity index (χ1n) is 9.69. The topological polar surface area (TPSA) is 146 Å². The van der Waals surface area contributed by atoms with Gasteiger partial charge in [0, 0.05) is 11.6 Å². The van der Waals surface area contributed by atoms with Gasteiger partial charge in [-0.05, 0) is 76.1 Å². The summed E-state index contributed by atoms with van der Waals surface area (Å²) in [4.78, 5) is 21.1. The Hall–Kier alpha value is -2.16. The number of hydrogen-bond donors (Lipinski definition) is 4. The van der Waals surface area contributed by atoms with Gasteiger partial charge in [-0.1, -0.05) is 0 Å². The Morgan fingerprint density at radius 2 is 2.04 bits per heavy atom. The molecule has 0 saturated heterocycles. The van der Waals surface area contributed by atoms with Crippen LogP contribution in [0.15, 0.2) is 23.2 Å². The molecule has 0 radical (unpaired) electrons. The smallest absolute Gasteiger partial charge is 0.341 e. The van der Waals surface area contributed by atoms with Crippen molar-refractivity contribution < 1.29 is 19.5 Å². The predicted molar refractivity (Wildman–Crippen MR) is 106 cm³/mol. The van der Waals surface area contributed by atoms with Crippen LogP contribution in [-0.2, 0) is 16.1 Å². The minimum absolute atomic E-state index is 0.181. The molecule has 154 valence electrons. The average molecular weight is 390 g/mol. The van der Waals surface area contributed by atoms with Crippen LogP contribution in [-0.4, -0.2) is 40.2 Å². The fourth-order valence-corrected chi connectivity index (χ4v) is 3.93. The maximum Gasteiger partial charge on any atom is 0.341 e. The van der Waals surface area contributed by atoms with Crippen molar-refractivity contribution in [2.24, 2.45) is 22.4 Å². The molecule has 1 aromatic carbocycles. The van der Waals surface area contributed by atoms with Gasteiger partial charge in [0.1, 0.15) is 17.7 Å². The van der Waals surface area contributed by atoms with E-state index >= 15 is 0 Å². The molecule has 0 amide bonds. The molecule has 0 bridgehead atoms. The Labute approximate surface area is 165 Å². The van der Waals surface area contributed by atoms with Crippen molar-refractivity contribution in [3.63, 3.8) is 0 Å². The SMILES string of the molecule is CC1(N=C(N)c2ccc3c(c2)CC[C@H]([C@](C)(ON)C(=O)O)O3)CCC(N)CC1. The highest BCUT2D eigenvalue weighted by atomic mass is 16.7. The van der Waals surface area contributed by atoms with Crippen molar-refractivity contribution in [3.8, 4) is 5.75 Å². The highest BCUT2D eigenvalue weighted by Gasteiger charge is 2.46. The van der Waals surface area contributed by atoms with Crippen molar-refractivity contribution in [1.82, 2.24) is 0 Å². The summed E-state index contributed by atoms with van der Waals surface area (Å²) in [7, 11) is 0. The maximum absolute atomic E-state index is 11.5. The number of amidine groups is 1. The van der Waals surface area contributed by atoms with Crippen LogP contribution in [0.3, 0.4) is 0 Å². The van der Waals surface area contributed by atoms with Crippen LogP contribution in [0, 0.1) is 0 Å². The summed E-state index contributed by atoms with van der Waals surface area (Å²) in [5, 5.41) is 9.42. The van der Waals surface area contributed by atoms with Crippen LogP contribution in [0.25, 0.3) is 0 Å². The number of aliphatic imine (C=N–C) groups is 1. The first-order chi connectivity index (χ1) is 13.2. The summed E-state index contributed by atoms with van der Waals surface area (Å²) in [6.45, 7) is 3.54. The van der Waals surface area contributed by atoms with E-state index in [9.17, 15) is 9.90 Å². The number of aryl methyl sites for hydroxylation is 1. The molecule has 1 fully saturated rings. The number of carboxylic acids is 1. The number of carboxylic acid groups (broad SMARTS) is 1. The molecule has 3 rings (SSSR count). The van der Waals surface area contributed by atoms with Crippen molar-refractivity contribution in [2.75, 3.05) is 0 Å². The number of fused-ring (bicyclic) bond motifs is 1. The van der Waals surface area contributed by atoms with Gasteiger partial charge in [0.15, 0.2) is 0 Å². The molecule has 2 atom stereocenters. The molecule has 1 aliphatic heterocycles. The number of ether oxygens (including phenoxy) is 1. The molecule has 7 N–H and O–H groups in total. The van der Waals surface area contributed by atoms with E-state index in [-0.39, 0.29) is 11.6 Å². The lowest BCUT2D eigenvalue weighted by Gasteiger charge is -2.35. The van der Waals surface area contributed by atoms with Crippen LogP contribution in [0.5, 0.6) is 5.75 Å². The van der Waals surface area contributed by atoms with Gasteiger partial charge in [-0.3, -0.25) is 9.83 Å². The molecule has 8 nitrogen and oxygen atoms in total. The van der Waals surface area contributed by atoms with E-state index in [0.29, 0.717) is 24.4 Å². The zero-order chi connectivity index (χ0) is 20.5. The standard InChI is InChI=1S/C20H30N4O4/c1-19(9-7-14(21)8-10-19)24-17(22)13-3-5-15-12(11-13)4-6-16(27-15)20(2,28-23)18(25)26/h3,5,11,14,16H,4,6-10,21,23H2,1-2H3,(H2,22,24)(H,25,26)/t14?,16-,19?,20+/m1/s1. The van der Waals surface area contributed by atoms with E-state index < -0.39 is 17.7 Å². The Morgan fingerprint density at radius 3 is 2.64 bits per heavy atom. The number of nitrogens with zero attached hydrogens (tertiary/aromatic N) is 1. The molecular weight excluding hydrogens is 360 g/mol. The second kappa shape index (κ2) is 7.69. The van der Waals surface area contributed by atoms with Crippen molar-refractivity contribution in [2.45, 2.75) is 75.7 Å². The van der Waals surface area contributed by atoms with Crippen molar-refractivity contribution >= 4 is 11.8 Å². The third-order valence-corrected chi connectivity index (χ3v) is 6.08. The van der Waals surface area contributed by atoms with Crippen LogP contribution in [0.4, 0.5) is 0 Å². The van der Waals surface area contributed by atoms with E-state index in [1.807, 2.05) is 12.1 Å². The Bertz CT molecular complexity index is 773. The van der Waals surface area contributed by atoms with Gasteiger partial charge in [0.25, 0.3) is 0 Å². The molecule has 8 heteroatoms. The highest BCUT2D eigenvalue weighted by Crippen LogP contribution is 2.34. The normalized spacial score (nSPS) is 30.1. The quantitative estimate of drug-likeness (QED) is 0.338. The lowest BCUT2D eigenvalue weighted by atomic mass is 9.81. The van der Waals surface area contributed by atoms with E-state index in [2.05, 4.69) is 6.92 Å². The van der Waals surface area contributed by atoms with Crippen LogP contribution in [0.1, 0.15) is 57.1 Å². The first-order valence-corrected chi connectivity index (χ1v) is 9.69. The second-order valence-corrected chi connectivity index (χ2v) is 8.33. The molecule has 1 heterocycles. The van der Waals surface area contributed by atoms with Crippen LogP contribution < -0.4 is 22.1 Å². The van der Waals surface area contributed by atoms with Gasteiger partial charge in [-0.2, -0.15) is 0 Å². The highest BCUT2D eigenvalue weighted by molar-refractivity contribution is 5.98. The molecule has 1 aliphatic carbocycles. The Morgan fingerprint density at radius 1 is 1.36 bits per heavy atom. The summed E-state index contributed by atoms with van der Waals surface area (Å²) in [6, 6.07) is 5.87. The summed E-state index contributed by atoms with van der Waals surface area (Å²) in [6.07, 6.45) is 4.21. The number of benzene rings is 1. The molecular formula is C20H30N4O4. The molecule has 2 aliphatic rings. The first kappa shape index (κ1) is 20.6. The van der Waals surface area contributed by atoms with Gasteiger partial charge in [-0.25, -0.2) is 10.7 Å². The summed E-state index contributed by atoms with van der Waals surface area (Å²) < 4.78 is 5.89. The summed E-state index contributed by atoms with van der Waals surface area (Å²) >= 11 is 0. The molecule has 1 saturated carbocycles. The number of nitrogens with two attached hydrogens (primary N) is 3. The molecule has 0 spiro atoms. The molecule has 0 aromatic heterocycles. The van der Waals surface area contributed by atoms with Gasteiger partial charge in [-0.15, -0.1) is 0 Å². The number of aliphatic carboxylic acids is 1. The van der Waals surface area contributed by atoms with Gasteiger partial charge < -0.3 is 21.3 Å². The number of rotatable bonds is 5. The lowest BCUT2D eigenvalue weighted by molar-refractivity contribution is -0.179. The molecule has 28 heavy (non-hydrogen) atoms. The number of hydrogen-bond acceptors (Lipinski definition) is 6. The maximum atomic E-state index is 11.5. The van der Waals surface area contributed by atoms with E-state index in [0.717, 1.165) is 36.8 Å². The minimum Gasteiger partial charge on any atom is -0.486 e. The van der Waals surface area contributed by atoms with Crippen LogP contribution in [0.2, 0.25) is 0 Å². The predicted octanol–water partition coefficient (Wildman–Crippen LogP) is 1.48. The molecule has 1 aromatic rings. The van der Waals surface area contributed by atoms with Crippen molar-refractivity contribution in [3.05, 3.63) is 29.3 Å². The van der Waals surface area contributed by atoms with Gasteiger partial charge >= 0.3 is 5.97 Å². The average Bonchev–Trinajstić information content (AvgIpc) is 2.68. The van der Waals surface area contributed by atoms with E-state index in [1.54, 1.807) is 6.07 Å². The summed E-state index contributed by atoms with van der Waals surface area (Å²) in [5.41, 5.74) is 12.3. The zero-order valence-corrected chi connectivity index (χ0v) is 16.5. The van der Waals surface area contributed by atoms with E-state index in [1.165, 1.54) is 6.92 Å². The van der Waals surface area contributed by atoms with Crippen molar-refractivity contribution in [1.29, 1.82) is 0 Å². The third-order valence-electron chi connectivity index (χ3n) is 6.08. The molecule has 0 unspecified atom stereocenters. The van der Waals surface area contributed by atoms with Gasteiger partial charge in [0.05, 0.1) is 5.54 Å². The Balaban J connectivity index is 1.78. The lowest BCUT2D eigenvalue weighted by Crippen LogP contribution is -2.54. The fourth-order valence-electron chi connectivity index (χ4n) is 3.93. The summed E-state index contributed by atoms with van der Waals surface area (Å²) in [5.74, 6) is 5.20. The third kappa shape index (κ3) is 3.99. The fraction of sp³-hybridized carbons (Fsp3) is 0.600. The second-order valence-electron chi connectivity index (χ2n) is 8.33. The van der Waals surface area contributed by atoms with Crippen LogP contribution >= 0.6 is 0 Å². The zero-order valence-electron chi connectivity index (χ0n) is 16.5. The van der Waals surface area contributed by atoms with Gasteiger partial charge in [0.2, 0.25) is 5.60 Å². The number of carbonyl (C=O) groups is 1. The monoisotopic (exact) mass is 390 g/mol. The largest absolute Gasteiger partial charge is 0.486 e. The Kier molecular flexibility index (Phi) is 5.65. The minimum atomic E-state index is -1.60.